The SMILES string of the molecule is Cn1cnc(CCNc2nccc3sccc23)n1. The zero-order chi connectivity index (χ0) is 12.4. The molecular weight excluding hydrogens is 246 g/mol. The van der Waals surface area contributed by atoms with Gasteiger partial charge in [-0.1, -0.05) is 0 Å². The van der Waals surface area contributed by atoms with Crippen LogP contribution >= 0.6 is 11.3 Å². The predicted octanol–water partition coefficient (Wildman–Crippen LogP) is 2.08. The van der Waals surface area contributed by atoms with Gasteiger partial charge < -0.3 is 5.32 Å². The molecule has 1 N–H and O–H groups in total. The van der Waals surface area contributed by atoms with Gasteiger partial charge in [-0.15, -0.1) is 11.3 Å². The summed E-state index contributed by atoms with van der Waals surface area (Å²) < 4.78 is 2.97. The molecule has 6 heteroatoms. The molecule has 92 valence electrons. The second kappa shape index (κ2) is 4.73. The topological polar surface area (TPSA) is 55.6 Å². The highest BCUT2D eigenvalue weighted by Gasteiger charge is 2.03. The van der Waals surface area contributed by atoms with Gasteiger partial charge in [-0.25, -0.2) is 9.97 Å². The Hall–Kier alpha value is -1.95. The maximum absolute atomic E-state index is 4.37. The second-order valence-electron chi connectivity index (χ2n) is 4.00. The lowest BCUT2D eigenvalue weighted by molar-refractivity contribution is 0.742. The summed E-state index contributed by atoms with van der Waals surface area (Å²) in [4.78, 5) is 8.56. The normalized spacial score (nSPS) is 10.9. The van der Waals surface area contributed by atoms with E-state index in [4.69, 9.17) is 0 Å². The van der Waals surface area contributed by atoms with Crippen LogP contribution in [0.5, 0.6) is 0 Å². The summed E-state index contributed by atoms with van der Waals surface area (Å²) in [6, 6.07) is 4.12. The summed E-state index contributed by atoms with van der Waals surface area (Å²) in [6.07, 6.45) is 4.34. The van der Waals surface area contributed by atoms with E-state index in [-0.39, 0.29) is 0 Å². The first-order valence-electron chi connectivity index (χ1n) is 5.73. The van der Waals surface area contributed by atoms with Crippen LogP contribution < -0.4 is 5.32 Å². The van der Waals surface area contributed by atoms with E-state index in [0.29, 0.717) is 0 Å². The van der Waals surface area contributed by atoms with Gasteiger partial charge in [0.2, 0.25) is 0 Å². The number of pyridine rings is 1. The highest BCUT2D eigenvalue weighted by Crippen LogP contribution is 2.25. The van der Waals surface area contributed by atoms with Crippen LogP contribution in [-0.4, -0.2) is 26.3 Å². The molecule has 0 saturated carbocycles. The molecule has 0 aliphatic heterocycles. The van der Waals surface area contributed by atoms with Crippen molar-refractivity contribution in [2.75, 3.05) is 11.9 Å². The monoisotopic (exact) mass is 259 g/mol. The molecule has 0 saturated heterocycles. The van der Waals surface area contributed by atoms with Crippen molar-refractivity contribution in [1.82, 2.24) is 19.7 Å². The number of hydrogen-bond acceptors (Lipinski definition) is 5. The standard InChI is InChI=1S/C12H13N5S/c1-17-8-15-11(16-17)3-6-14-12-9-4-7-18-10(9)2-5-13-12/h2,4-5,7-8H,3,6H2,1H3,(H,13,14). The minimum atomic E-state index is 0.784. The Morgan fingerprint density at radius 1 is 1.33 bits per heavy atom. The second-order valence-corrected chi connectivity index (χ2v) is 4.95. The number of hydrogen-bond donors (Lipinski definition) is 1. The predicted molar refractivity (Wildman–Crippen MR) is 72.8 cm³/mol. The van der Waals surface area contributed by atoms with Crippen molar-refractivity contribution in [2.24, 2.45) is 7.05 Å². The Morgan fingerprint density at radius 3 is 3.11 bits per heavy atom. The van der Waals surface area contributed by atoms with E-state index >= 15 is 0 Å². The molecule has 0 spiro atoms. The molecule has 0 aliphatic carbocycles. The Morgan fingerprint density at radius 2 is 2.28 bits per heavy atom. The zero-order valence-corrected chi connectivity index (χ0v) is 10.8. The third-order valence-corrected chi connectivity index (χ3v) is 3.55. The van der Waals surface area contributed by atoms with Gasteiger partial charge >= 0.3 is 0 Å². The van der Waals surface area contributed by atoms with Gasteiger partial charge in [-0.05, 0) is 17.5 Å². The number of nitrogens with zero attached hydrogens (tertiary/aromatic N) is 4. The van der Waals surface area contributed by atoms with Gasteiger partial charge in [0.15, 0.2) is 5.82 Å². The van der Waals surface area contributed by atoms with E-state index in [1.165, 1.54) is 10.1 Å². The fourth-order valence-electron chi connectivity index (χ4n) is 1.83. The molecule has 3 aromatic rings. The van der Waals surface area contributed by atoms with E-state index in [0.717, 1.165) is 24.6 Å². The van der Waals surface area contributed by atoms with Crippen molar-refractivity contribution in [1.29, 1.82) is 0 Å². The van der Waals surface area contributed by atoms with E-state index in [1.807, 2.05) is 19.3 Å². The fourth-order valence-corrected chi connectivity index (χ4v) is 2.61. The van der Waals surface area contributed by atoms with Crippen molar-refractivity contribution in [3.8, 4) is 0 Å². The molecule has 0 radical (unpaired) electrons. The maximum Gasteiger partial charge on any atom is 0.152 e. The third kappa shape index (κ3) is 2.19. The van der Waals surface area contributed by atoms with Crippen molar-refractivity contribution in [2.45, 2.75) is 6.42 Å². The lowest BCUT2D eigenvalue weighted by Gasteiger charge is -2.04. The third-order valence-electron chi connectivity index (χ3n) is 2.67. The first-order valence-corrected chi connectivity index (χ1v) is 6.61. The van der Waals surface area contributed by atoms with Crippen molar-refractivity contribution in [3.05, 3.63) is 35.9 Å². The largest absolute Gasteiger partial charge is 0.369 e. The van der Waals surface area contributed by atoms with Crippen LogP contribution in [0.1, 0.15) is 5.82 Å². The van der Waals surface area contributed by atoms with Crippen LogP contribution in [0.25, 0.3) is 10.1 Å². The first-order chi connectivity index (χ1) is 8.83. The molecule has 0 aliphatic rings. The van der Waals surface area contributed by atoms with E-state index < -0.39 is 0 Å². The highest BCUT2D eigenvalue weighted by atomic mass is 32.1. The van der Waals surface area contributed by atoms with Gasteiger partial charge in [-0.2, -0.15) is 5.10 Å². The summed E-state index contributed by atoms with van der Waals surface area (Å²) in [5, 5.41) is 10.8. The van der Waals surface area contributed by atoms with Gasteiger partial charge in [-0.3, -0.25) is 4.68 Å². The number of aromatic nitrogens is 4. The molecular formula is C12H13N5S. The number of thiophene rings is 1. The van der Waals surface area contributed by atoms with Crippen LogP contribution in [0.15, 0.2) is 30.0 Å². The summed E-state index contributed by atoms with van der Waals surface area (Å²) in [5.41, 5.74) is 0. The Balaban J connectivity index is 1.68. The van der Waals surface area contributed by atoms with Crippen molar-refractivity contribution < 1.29 is 0 Å². The molecule has 0 bridgehead atoms. The Labute approximate surface area is 109 Å². The summed E-state index contributed by atoms with van der Waals surface area (Å²) in [5.74, 6) is 1.78. The molecule has 0 aromatic carbocycles. The molecule has 3 heterocycles. The minimum absolute atomic E-state index is 0.784. The fraction of sp³-hybridized carbons (Fsp3) is 0.250. The number of nitrogens with one attached hydrogen (secondary N) is 1. The summed E-state index contributed by atoms with van der Waals surface area (Å²) in [7, 11) is 1.87. The number of aryl methyl sites for hydroxylation is 1. The van der Waals surface area contributed by atoms with E-state index in [9.17, 15) is 0 Å². The Bertz CT molecular complexity index is 657. The van der Waals surface area contributed by atoms with Crippen molar-refractivity contribution in [3.63, 3.8) is 0 Å². The van der Waals surface area contributed by atoms with Crippen molar-refractivity contribution >= 4 is 27.2 Å². The molecule has 18 heavy (non-hydrogen) atoms. The van der Waals surface area contributed by atoms with Gasteiger partial charge in [0, 0.05) is 36.3 Å². The molecule has 0 unspecified atom stereocenters. The van der Waals surface area contributed by atoms with E-state index in [1.54, 1.807) is 22.3 Å². The number of rotatable bonds is 4. The molecule has 0 amide bonds. The van der Waals surface area contributed by atoms with Crippen LogP contribution in [0, 0.1) is 0 Å². The van der Waals surface area contributed by atoms with Gasteiger partial charge in [0.05, 0.1) is 0 Å². The number of anilines is 1. The number of fused-ring (bicyclic) bond motifs is 1. The summed E-state index contributed by atoms with van der Waals surface area (Å²) >= 11 is 1.73. The van der Waals surface area contributed by atoms with Crippen LogP contribution in [0.3, 0.4) is 0 Å². The Kier molecular flexibility index (Phi) is 2.93. The highest BCUT2D eigenvalue weighted by molar-refractivity contribution is 7.17. The molecule has 3 rings (SSSR count). The maximum atomic E-state index is 4.37. The van der Waals surface area contributed by atoms with E-state index in [2.05, 4.69) is 31.8 Å². The average Bonchev–Trinajstić information content (AvgIpc) is 2.98. The average molecular weight is 259 g/mol. The van der Waals surface area contributed by atoms with Gasteiger partial charge in [0.25, 0.3) is 0 Å². The molecule has 0 atom stereocenters. The summed E-state index contributed by atoms with van der Waals surface area (Å²) in [6.45, 7) is 0.784. The first kappa shape index (κ1) is 11.2. The molecule has 0 fully saturated rings. The molecule has 5 nitrogen and oxygen atoms in total. The minimum Gasteiger partial charge on any atom is -0.369 e. The van der Waals surface area contributed by atoms with Crippen LogP contribution in [-0.2, 0) is 13.5 Å². The zero-order valence-electron chi connectivity index (χ0n) is 10.00. The van der Waals surface area contributed by atoms with Crippen LogP contribution in [0.4, 0.5) is 5.82 Å². The van der Waals surface area contributed by atoms with Gasteiger partial charge in [0.1, 0.15) is 12.1 Å². The quantitative estimate of drug-likeness (QED) is 0.779. The lowest BCUT2D eigenvalue weighted by Crippen LogP contribution is -2.07. The molecule has 3 aromatic heterocycles. The lowest BCUT2D eigenvalue weighted by atomic mass is 10.3. The van der Waals surface area contributed by atoms with Crippen LogP contribution in [0.2, 0.25) is 0 Å². The smallest absolute Gasteiger partial charge is 0.152 e.